The summed E-state index contributed by atoms with van der Waals surface area (Å²) in [6.45, 7) is 3.51. The van der Waals surface area contributed by atoms with E-state index in [0.717, 1.165) is 18.5 Å². The van der Waals surface area contributed by atoms with Gasteiger partial charge in [-0.2, -0.15) is 0 Å². The molecule has 1 aliphatic carbocycles. The highest BCUT2D eigenvalue weighted by Crippen LogP contribution is 2.27. The van der Waals surface area contributed by atoms with Crippen LogP contribution in [0.1, 0.15) is 38.5 Å². The molecule has 1 heterocycles. The summed E-state index contributed by atoms with van der Waals surface area (Å²) in [5, 5.41) is 0. The average molecular weight is 219 g/mol. The van der Waals surface area contributed by atoms with Gasteiger partial charge in [0.2, 0.25) is 0 Å². The highest BCUT2D eigenvalue weighted by Gasteiger charge is 2.26. The van der Waals surface area contributed by atoms with Crippen LogP contribution in [0.15, 0.2) is 0 Å². The first-order chi connectivity index (χ1) is 6.40. The van der Waals surface area contributed by atoms with Crippen LogP contribution in [0, 0.1) is 5.92 Å². The van der Waals surface area contributed by atoms with Gasteiger partial charge in [0.1, 0.15) is 0 Å². The molecule has 1 aliphatic heterocycles. The SMILES string of the molecule is Cl.NCC1CCCN(C2CCCC2)C1. The summed E-state index contributed by atoms with van der Waals surface area (Å²) < 4.78 is 0. The van der Waals surface area contributed by atoms with E-state index in [1.165, 1.54) is 51.6 Å². The third-order valence-electron chi connectivity index (χ3n) is 3.72. The fraction of sp³-hybridized carbons (Fsp3) is 1.00. The Morgan fingerprint density at radius 1 is 1.07 bits per heavy atom. The van der Waals surface area contributed by atoms with Crippen LogP contribution in [-0.2, 0) is 0 Å². The molecule has 0 radical (unpaired) electrons. The molecule has 0 aromatic carbocycles. The van der Waals surface area contributed by atoms with Crippen molar-refractivity contribution in [2.45, 2.75) is 44.6 Å². The third kappa shape index (κ3) is 2.85. The quantitative estimate of drug-likeness (QED) is 0.769. The van der Waals surface area contributed by atoms with Crippen molar-refractivity contribution in [3.8, 4) is 0 Å². The van der Waals surface area contributed by atoms with Gasteiger partial charge in [-0.1, -0.05) is 12.8 Å². The van der Waals surface area contributed by atoms with E-state index in [0.29, 0.717) is 0 Å². The van der Waals surface area contributed by atoms with Crippen molar-refractivity contribution in [3.63, 3.8) is 0 Å². The summed E-state index contributed by atoms with van der Waals surface area (Å²) in [4.78, 5) is 2.70. The minimum absolute atomic E-state index is 0. The summed E-state index contributed by atoms with van der Waals surface area (Å²) in [5.74, 6) is 0.786. The molecule has 2 rings (SSSR count). The minimum atomic E-state index is 0. The van der Waals surface area contributed by atoms with Crippen LogP contribution >= 0.6 is 12.4 Å². The third-order valence-corrected chi connectivity index (χ3v) is 3.72. The minimum Gasteiger partial charge on any atom is -0.330 e. The Kier molecular flexibility index (Phi) is 5.21. The molecule has 3 heteroatoms. The predicted molar refractivity (Wildman–Crippen MR) is 62.9 cm³/mol. The number of likely N-dealkylation sites (tertiary alicyclic amines) is 1. The van der Waals surface area contributed by atoms with Crippen molar-refractivity contribution < 1.29 is 0 Å². The Labute approximate surface area is 93.6 Å². The molecule has 0 aromatic heterocycles. The number of hydrogen-bond acceptors (Lipinski definition) is 2. The van der Waals surface area contributed by atoms with Crippen molar-refractivity contribution in [1.82, 2.24) is 4.90 Å². The fourth-order valence-electron chi connectivity index (χ4n) is 2.89. The second-order valence-corrected chi connectivity index (χ2v) is 4.68. The maximum atomic E-state index is 5.74. The summed E-state index contributed by atoms with van der Waals surface area (Å²) >= 11 is 0. The number of hydrogen-bond donors (Lipinski definition) is 1. The molecule has 0 spiro atoms. The van der Waals surface area contributed by atoms with Gasteiger partial charge in [-0.3, -0.25) is 0 Å². The summed E-state index contributed by atoms with van der Waals surface area (Å²) in [5.41, 5.74) is 5.74. The van der Waals surface area contributed by atoms with E-state index in [1.54, 1.807) is 0 Å². The van der Waals surface area contributed by atoms with E-state index >= 15 is 0 Å². The van der Waals surface area contributed by atoms with E-state index in [-0.39, 0.29) is 12.4 Å². The molecule has 1 atom stereocenters. The molecule has 0 amide bonds. The van der Waals surface area contributed by atoms with Gasteiger partial charge in [0.15, 0.2) is 0 Å². The Hall–Kier alpha value is 0.210. The lowest BCUT2D eigenvalue weighted by Crippen LogP contribution is -2.43. The lowest BCUT2D eigenvalue weighted by Gasteiger charge is -2.36. The summed E-state index contributed by atoms with van der Waals surface area (Å²) in [6.07, 6.45) is 8.52. The van der Waals surface area contributed by atoms with Crippen LogP contribution in [0.4, 0.5) is 0 Å². The van der Waals surface area contributed by atoms with Crippen molar-refractivity contribution >= 4 is 12.4 Å². The highest BCUT2D eigenvalue weighted by atomic mass is 35.5. The molecule has 84 valence electrons. The molecule has 2 N–H and O–H groups in total. The second-order valence-electron chi connectivity index (χ2n) is 4.68. The lowest BCUT2D eigenvalue weighted by molar-refractivity contribution is 0.128. The first-order valence-electron chi connectivity index (χ1n) is 5.84. The molecule has 2 nitrogen and oxygen atoms in total. The molecule has 14 heavy (non-hydrogen) atoms. The molecular weight excluding hydrogens is 196 g/mol. The fourth-order valence-corrected chi connectivity index (χ4v) is 2.89. The second kappa shape index (κ2) is 5.94. The average Bonchev–Trinajstić information content (AvgIpc) is 2.71. The van der Waals surface area contributed by atoms with Gasteiger partial charge in [0.05, 0.1) is 0 Å². The summed E-state index contributed by atoms with van der Waals surface area (Å²) in [6, 6.07) is 0.911. The largest absolute Gasteiger partial charge is 0.330 e. The van der Waals surface area contributed by atoms with Crippen LogP contribution in [0.5, 0.6) is 0 Å². The number of rotatable bonds is 2. The molecule has 2 aliphatic rings. The lowest BCUT2D eigenvalue weighted by atomic mass is 9.96. The van der Waals surface area contributed by atoms with E-state index in [2.05, 4.69) is 4.90 Å². The first-order valence-corrected chi connectivity index (χ1v) is 5.84. The van der Waals surface area contributed by atoms with Gasteiger partial charge < -0.3 is 10.6 Å². The molecule has 1 saturated carbocycles. The first kappa shape index (κ1) is 12.3. The number of nitrogens with two attached hydrogens (primary N) is 1. The molecule has 0 aromatic rings. The Bertz CT molecular complexity index is 157. The smallest absolute Gasteiger partial charge is 0.00953 e. The highest BCUT2D eigenvalue weighted by molar-refractivity contribution is 5.85. The van der Waals surface area contributed by atoms with Crippen molar-refractivity contribution in [3.05, 3.63) is 0 Å². The predicted octanol–water partition coefficient (Wildman–Crippen LogP) is 2.02. The van der Waals surface area contributed by atoms with Crippen LogP contribution < -0.4 is 5.73 Å². The Morgan fingerprint density at radius 3 is 2.43 bits per heavy atom. The normalized spacial score (nSPS) is 30.2. The Balaban J connectivity index is 0.000000980. The molecule has 2 fully saturated rings. The van der Waals surface area contributed by atoms with Gasteiger partial charge >= 0.3 is 0 Å². The monoisotopic (exact) mass is 218 g/mol. The maximum Gasteiger partial charge on any atom is 0.00953 e. The van der Waals surface area contributed by atoms with E-state index in [9.17, 15) is 0 Å². The maximum absolute atomic E-state index is 5.74. The van der Waals surface area contributed by atoms with Crippen LogP contribution in [0.25, 0.3) is 0 Å². The number of piperidine rings is 1. The zero-order chi connectivity index (χ0) is 9.10. The number of nitrogens with zero attached hydrogens (tertiary/aromatic N) is 1. The van der Waals surface area contributed by atoms with Gasteiger partial charge in [0, 0.05) is 12.6 Å². The van der Waals surface area contributed by atoms with Crippen LogP contribution in [-0.4, -0.2) is 30.6 Å². The van der Waals surface area contributed by atoms with Gasteiger partial charge in [0.25, 0.3) is 0 Å². The van der Waals surface area contributed by atoms with Crippen LogP contribution in [0.2, 0.25) is 0 Å². The van der Waals surface area contributed by atoms with E-state index < -0.39 is 0 Å². The molecule has 1 unspecified atom stereocenters. The van der Waals surface area contributed by atoms with Gasteiger partial charge in [-0.15, -0.1) is 12.4 Å². The molecular formula is C11H23ClN2. The summed E-state index contributed by atoms with van der Waals surface area (Å²) in [7, 11) is 0. The number of halogens is 1. The Morgan fingerprint density at radius 2 is 1.79 bits per heavy atom. The zero-order valence-corrected chi connectivity index (χ0v) is 9.77. The standard InChI is InChI=1S/C11H22N2.ClH/c12-8-10-4-3-7-13(9-10)11-5-1-2-6-11;/h10-11H,1-9,12H2;1H. The van der Waals surface area contributed by atoms with Crippen molar-refractivity contribution in [1.29, 1.82) is 0 Å². The molecule has 0 bridgehead atoms. The van der Waals surface area contributed by atoms with Gasteiger partial charge in [-0.05, 0) is 44.7 Å². The molecule has 1 saturated heterocycles. The van der Waals surface area contributed by atoms with Crippen molar-refractivity contribution in [2.75, 3.05) is 19.6 Å². The van der Waals surface area contributed by atoms with Crippen molar-refractivity contribution in [2.24, 2.45) is 11.7 Å². The van der Waals surface area contributed by atoms with Gasteiger partial charge in [-0.25, -0.2) is 0 Å². The zero-order valence-electron chi connectivity index (χ0n) is 8.95. The van der Waals surface area contributed by atoms with E-state index in [4.69, 9.17) is 5.73 Å². The van der Waals surface area contributed by atoms with E-state index in [1.807, 2.05) is 0 Å². The van der Waals surface area contributed by atoms with Crippen LogP contribution in [0.3, 0.4) is 0 Å². The topological polar surface area (TPSA) is 29.3 Å².